The number of fused-ring (bicyclic) bond motifs is 2. The fraction of sp³-hybridized carbons (Fsp3) is 0.350. The number of rotatable bonds is 4. The number of benzene rings is 2. The molecule has 3 aliphatic rings. The number of thioether (sulfide) groups is 1. The van der Waals surface area contributed by atoms with E-state index < -0.39 is 23.4 Å². The number of carbonyl (C=O) groups excluding carboxylic acids is 1. The van der Waals surface area contributed by atoms with Crippen molar-refractivity contribution in [1.82, 2.24) is 0 Å². The van der Waals surface area contributed by atoms with E-state index in [9.17, 15) is 23.1 Å². The van der Waals surface area contributed by atoms with Crippen LogP contribution in [0.15, 0.2) is 35.2 Å². The maximum atomic E-state index is 13.3. The number of nitrogens with one attached hydrogen (secondary N) is 1. The van der Waals surface area contributed by atoms with Gasteiger partial charge >= 0.3 is 0 Å². The lowest BCUT2D eigenvalue weighted by molar-refractivity contribution is -0.0725. The maximum absolute atomic E-state index is 13.3. The Morgan fingerprint density at radius 1 is 1.07 bits per heavy atom. The molecular weight excluding hydrogens is 411 g/mol. The number of hydrogen-bond donors (Lipinski definition) is 2. The zero-order chi connectivity index (χ0) is 20.0. The molecule has 2 atom stereocenters. The Kier molecular flexibility index (Phi) is 5.33. The summed E-state index contributed by atoms with van der Waals surface area (Å²) in [5.74, 6) is -4.24. The molecule has 0 aliphatic heterocycles. The second-order valence-electron chi connectivity index (χ2n) is 7.31. The molecule has 0 saturated heterocycles. The van der Waals surface area contributed by atoms with Gasteiger partial charge in [0.25, 0.3) is 5.91 Å². The Labute approximate surface area is 169 Å². The van der Waals surface area contributed by atoms with Crippen LogP contribution in [0.3, 0.4) is 0 Å². The molecule has 0 aromatic heterocycles. The third kappa shape index (κ3) is 3.75. The van der Waals surface area contributed by atoms with Crippen molar-refractivity contribution in [2.75, 3.05) is 5.32 Å². The third-order valence-electron chi connectivity index (χ3n) is 5.43. The van der Waals surface area contributed by atoms with Gasteiger partial charge in [0.15, 0.2) is 17.5 Å². The zero-order valence-electron chi connectivity index (χ0n) is 14.6. The molecule has 2 N–H and O–H groups in total. The van der Waals surface area contributed by atoms with Crippen molar-refractivity contribution < 1.29 is 23.1 Å². The highest BCUT2D eigenvalue weighted by Gasteiger charge is 2.46. The van der Waals surface area contributed by atoms with Crippen LogP contribution in [0.5, 0.6) is 0 Å². The van der Waals surface area contributed by atoms with Crippen LogP contribution in [0.1, 0.15) is 29.6 Å². The van der Waals surface area contributed by atoms with E-state index in [1.807, 2.05) is 0 Å². The molecule has 0 spiro atoms. The third-order valence-corrected chi connectivity index (χ3v) is 7.18. The van der Waals surface area contributed by atoms with E-state index in [1.54, 1.807) is 23.9 Å². The van der Waals surface area contributed by atoms with Crippen molar-refractivity contribution in [2.24, 2.45) is 11.8 Å². The van der Waals surface area contributed by atoms with Gasteiger partial charge < -0.3 is 10.4 Å². The number of amides is 1. The van der Waals surface area contributed by atoms with E-state index in [4.69, 9.17) is 11.6 Å². The van der Waals surface area contributed by atoms with Crippen LogP contribution < -0.4 is 5.32 Å². The van der Waals surface area contributed by atoms with E-state index in [2.05, 4.69) is 5.32 Å². The first-order valence-corrected chi connectivity index (χ1v) is 10.2. The predicted molar refractivity (Wildman–Crippen MR) is 102 cm³/mol. The molecule has 8 heteroatoms. The largest absolute Gasteiger partial charge is 0.393 e. The average Bonchev–Trinajstić information content (AvgIpc) is 2.67. The molecule has 5 rings (SSSR count). The summed E-state index contributed by atoms with van der Waals surface area (Å²) in [5, 5.41) is 13.1. The van der Waals surface area contributed by atoms with E-state index in [0.29, 0.717) is 22.1 Å². The summed E-state index contributed by atoms with van der Waals surface area (Å²) < 4.78 is 39.7. The van der Waals surface area contributed by atoms with Gasteiger partial charge in [-0.15, -0.1) is 11.8 Å². The molecule has 1 amide bonds. The molecule has 2 bridgehead atoms. The highest BCUT2D eigenvalue weighted by Crippen LogP contribution is 2.51. The molecule has 148 valence electrons. The Morgan fingerprint density at radius 3 is 2.32 bits per heavy atom. The number of aliphatic hydroxyl groups is 1. The summed E-state index contributed by atoms with van der Waals surface area (Å²) in [5.41, 5.74) is 0.102. The van der Waals surface area contributed by atoms with Crippen LogP contribution >= 0.6 is 23.4 Å². The van der Waals surface area contributed by atoms with Gasteiger partial charge in [-0.1, -0.05) is 11.6 Å². The molecule has 3 fully saturated rings. The first-order chi connectivity index (χ1) is 13.3. The van der Waals surface area contributed by atoms with Gasteiger partial charge in [0.05, 0.1) is 11.1 Å². The van der Waals surface area contributed by atoms with Gasteiger partial charge in [0.2, 0.25) is 0 Å². The molecular formula is C20H17ClF3NO2S. The summed E-state index contributed by atoms with van der Waals surface area (Å²) in [6.07, 6.45) is 2.69. The zero-order valence-corrected chi connectivity index (χ0v) is 16.2. The summed E-state index contributed by atoms with van der Waals surface area (Å²) in [7, 11) is 0. The lowest BCUT2D eigenvalue weighted by Gasteiger charge is -2.49. The molecule has 3 saturated carbocycles. The molecule has 0 radical (unpaired) electrons. The minimum absolute atomic E-state index is 0.174. The van der Waals surface area contributed by atoms with Gasteiger partial charge in [-0.25, -0.2) is 13.2 Å². The number of hydrogen-bond acceptors (Lipinski definition) is 3. The summed E-state index contributed by atoms with van der Waals surface area (Å²) in [6, 6.07) is 6.20. The Bertz CT molecular complexity index is 907. The minimum Gasteiger partial charge on any atom is -0.393 e. The summed E-state index contributed by atoms with van der Waals surface area (Å²) in [4.78, 5) is 13.2. The van der Waals surface area contributed by atoms with Gasteiger partial charge in [-0.2, -0.15) is 0 Å². The quantitative estimate of drug-likeness (QED) is 0.654. The number of aliphatic hydroxyl groups excluding tert-OH is 1. The molecule has 2 aromatic carbocycles. The lowest BCUT2D eigenvalue weighted by Crippen LogP contribution is -2.49. The molecule has 28 heavy (non-hydrogen) atoms. The van der Waals surface area contributed by atoms with Crippen LogP contribution in [0.2, 0.25) is 5.02 Å². The van der Waals surface area contributed by atoms with Crippen LogP contribution in [0.25, 0.3) is 0 Å². The number of carbonyl (C=O) groups is 1. The number of halogens is 4. The minimum atomic E-state index is -1.58. The van der Waals surface area contributed by atoms with Crippen molar-refractivity contribution in [3.63, 3.8) is 0 Å². The van der Waals surface area contributed by atoms with Gasteiger partial charge in [-0.05, 0) is 49.3 Å². The average molecular weight is 428 g/mol. The highest BCUT2D eigenvalue weighted by atomic mass is 35.5. The van der Waals surface area contributed by atoms with Gasteiger partial charge in [-0.3, -0.25) is 4.79 Å². The van der Waals surface area contributed by atoms with Crippen LogP contribution in [-0.4, -0.2) is 22.4 Å². The highest BCUT2D eigenvalue weighted by molar-refractivity contribution is 8.00. The molecule has 3 aliphatic carbocycles. The van der Waals surface area contributed by atoms with Crippen molar-refractivity contribution in [1.29, 1.82) is 0 Å². The fourth-order valence-electron chi connectivity index (χ4n) is 3.94. The second kappa shape index (κ2) is 7.61. The van der Waals surface area contributed by atoms with Crippen LogP contribution in [-0.2, 0) is 0 Å². The smallest absolute Gasteiger partial charge is 0.255 e. The first kappa shape index (κ1) is 19.6. The SMILES string of the molecule is O=C(Nc1cc(F)c(F)c(F)c1)c1ccc(Cl)c(SC2CC3CC(C2)C3O)c1. The summed E-state index contributed by atoms with van der Waals surface area (Å²) >= 11 is 7.85. The normalized spacial score (nSPS) is 25.9. The van der Waals surface area contributed by atoms with Crippen molar-refractivity contribution in [2.45, 2.75) is 35.5 Å². The summed E-state index contributed by atoms with van der Waals surface area (Å²) in [6.45, 7) is 0. The Balaban J connectivity index is 1.48. The van der Waals surface area contributed by atoms with E-state index in [-0.39, 0.29) is 17.4 Å². The number of anilines is 1. The van der Waals surface area contributed by atoms with Crippen LogP contribution in [0, 0.1) is 29.3 Å². The molecule has 2 aromatic rings. The lowest BCUT2D eigenvalue weighted by atomic mass is 9.63. The fourth-order valence-corrected chi connectivity index (χ4v) is 5.61. The van der Waals surface area contributed by atoms with Crippen LogP contribution in [0.4, 0.5) is 18.9 Å². The van der Waals surface area contributed by atoms with Crippen molar-refractivity contribution >= 4 is 35.0 Å². The van der Waals surface area contributed by atoms with E-state index >= 15 is 0 Å². The Hall–Kier alpha value is -1.70. The Morgan fingerprint density at radius 2 is 1.71 bits per heavy atom. The topological polar surface area (TPSA) is 49.3 Å². The second-order valence-corrected chi connectivity index (χ2v) is 9.06. The predicted octanol–water partition coefficient (Wildman–Crippen LogP) is 5.26. The molecule has 0 heterocycles. The first-order valence-electron chi connectivity index (χ1n) is 8.92. The van der Waals surface area contributed by atoms with E-state index in [1.165, 1.54) is 6.07 Å². The monoisotopic (exact) mass is 427 g/mol. The molecule has 2 unspecified atom stereocenters. The standard InChI is InChI=1S/C20H17ClF3NO2S/c21-14-2-1-9(20(27)25-12-7-15(22)18(24)16(23)8-12)6-17(14)28-13-4-10-3-11(5-13)19(10)26/h1-2,6-8,10-11,13,19,26H,3-5H2,(H,25,27). The van der Waals surface area contributed by atoms with Crippen molar-refractivity contribution in [3.05, 3.63) is 58.4 Å². The van der Waals surface area contributed by atoms with Gasteiger partial charge in [0, 0.05) is 33.5 Å². The molecule has 3 nitrogen and oxygen atoms in total. The van der Waals surface area contributed by atoms with E-state index in [0.717, 1.165) is 36.3 Å². The maximum Gasteiger partial charge on any atom is 0.255 e. The van der Waals surface area contributed by atoms with Gasteiger partial charge in [0.1, 0.15) is 0 Å². The van der Waals surface area contributed by atoms with Crippen molar-refractivity contribution in [3.8, 4) is 0 Å².